The fourth-order valence-electron chi connectivity index (χ4n) is 2.25. The number of carbonyl (C=O) groups is 1. The minimum atomic E-state index is -0.0879. The average molecular weight is 280 g/mol. The van der Waals surface area contributed by atoms with Gasteiger partial charge >= 0.3 is 0 Å². The third kappa shape index (κ3) is 2.84. The molecule has 1 aliphatic rings. The molecule has 0 aromatic carbocycles. The maximum atomic E-state index is 12.4. The van der Waals surface area contributed by atoms with E-state index >= 15 is 0 Å². The zero-order valence-corrected chi connectivity index (χ0v) is 13.3. The van der Waals surface area contributed by atoms with Gasteiger partial charge in [0.25, 0.3) is 0 Å². The highest BCUT2D eigenvalue weighted by Gasteiger charge is 2.40. The molecule has 1 saturated heterocycles. The van der Waals surface area contributed by atoms with E-state index in [-0.39, 0.29) is 23.5 Å². The third-order valence-electron chi connectivity index (χ3n) is 4.33. The van der Waals surface area contributed by atoms with E-state index in [1.165, 1.54) is 4.88 Å². The highest BCUT2D eigenvalue weighted by Crippen LogP contribution is 2.34. The van der Waals surface area contributed by atoms with Crippen LogP contribution in [0.3, 0.4) is 0 Å². The van der Waals surface area contributed by atoms with Crippen molar-refractivity contribution in [1.82, 2.24) is 10.2 Å². The highest BCUT2D eigenvalue weighted by atomic mass is 32.1. The van der Waals surface area contributed by atoms with Crippen molar-refractivity contribution in [3.63, 3.8) is 0 Å². The topological polar surface area (TPSA) is 32.3 Å². The van der Waals surface area contributed by atoms with Crippen molar-refractivity contribution in [2.24, 2.45) is 11.3 Å². The molecule has 106 valence electrons. The number of thiophene rings is 1. The van der Waals surface area contributed by atoms with Gasteiger partial charge in [-0.1, -0.05) is 33.8 Å². The quantitative estimate of drug-likeness (QED) is 0.918. The van der Waals surface area contributed by atoms with Gasteiger partial charge in [0.05, 0.1) is 6.04 Å². The maximum Gasteiger partial charge on any atom is 0.241 e. The summed E-state index contributed by atoms with van der Waals surface area (Å²) in [5, 5.41) is 5.47. The summed E-state index contributed by atoms with van der Waals surface area (Å²) in [6.45, 7) is 11.7. The Morgan fingerprint density at radius 1 is 1.47 bits per heavy atom. The fourth-order valence-corrected chi connectivity index (χ4v) is 3.04. The van der Waals surface area contributed by atoms with Crippen molar-refractivity contribution in [3.8, 4) is 0 Å². The Kier molecular flexibility index (Phi) is 4.02. The molecule has 2 atom stereocenters. The third-order valence-corrected chi connectivity index (χ3v) is 5.25. The second-order valence-electron chi connectivity index (χ2n) is 6.42. The predicted octanol–water partition coefficient (Wildman–Crippen LogP) is 3.25. The van der Waals surface area contributed by atoms with Gasteiger partial charge in [0.15, 0.2) is 0 Å². The molecule has 0 aliphatic carbocycles. The number of carbonyl (C=O) groups excluding carboxylic acids is 1. The molecule has 1 aliphatic heterocycles. The molecule has 1 N–H and O–H groups in total. The Morgan fingerprint density at radius 2 is 2.16 bits per heavy atom. The van der Waals surface area contributed by atoms with Gasteiger partial charge in [-0.05, 0) is 29.7 Å². The van der Waals surface area contributed by atoms with E-state index in [4.69, 9.17) is 0 Å². The van der Waals surface area contributed by atoms with Crippen LogP contribution in [-0.4, -0.2) is 23.4 Å². The first-order valence-electron chi connectivity index (χ1n) is 6.93. The summed E-state index contributed by atoms with van der Waals surface area (Å²) in [5.74, 6) is 0.757. The van der Waals surface area contributed by atoms with Crippen LogP contribution in [-0.2, 0) is 4.79 Å². The lowest BCUT2D eigenvalue weighted by atomic mass is 9.80. The summed E-state index contributed by atoms with van der Waals surface area (Å²) in [6.07, 6.45) is 0.0422. The van der Waals surface area contributed by atoms with Gasteiger partial charge in [-0.15, -0.1) is 11.3 Å². The van der Waals surface area contributed by atoms with Crippen molar-refractivity contribution in [3.05, 3.63) is 22.4 Å². The predicted molar refractivity (Wildman–Crippen MR) is 80.0 cm³/mol. The van der Waals surface area contributed by atoms with Crippen molar-refractivity contribution in [1.29, 1.82) is 0 Å². The average Bonchev–Trinajstić information content (AvgIpc) is 2.92. The molecule has 2 unspecified atom stereocenters. The van der Waals surface area contributed by atoms with Crippen LogP contribution in [0.1, 0.15) is 45.7 Å². The van der Waals surface area contributed by atoms with Gasteiger partial charge in [-0.25, -0.2) is 0 Å². The largest absolute Gasteiger partial charge is 0.320 e. The smallest absolute Gasteiger partial charge is 0.241 e. The van der Waals surface area contributed by atoms with Crippen molar-refractivity contribution >= 4 is 17.2 Å². The van der Waals surface area contributed by atoms with Crippen LogP contribution >= 0.6 is 11.3 Å². The summed E-state index contributed by atoms with van der Waals surface area (Å²) in [5.41, 5.74) is 0.122. The van der Waals surface area contributed by atoms with Crippen LogP contribution < -0.4 is 5.32 Å². The second kappa shape index (κ2) is 5.25. The molecule has 2 heterocycles. The molecular formula is C15H24N2OS. The molecule has 1 amide bonds. The lowest BCUT2D eigenvalue weighted by Gasteiger charge is -2.36. The number of hydrogen-bond acceptors (Lipinski definition) is 3. The SMILES string of the molecule is CC1NC(c2cccs2)N(CC(C)(C)C(C)C)C1=O. The molecular weight excluding hydrogens is 256 g/mol. The number of nitrogens with zero attached hydrogens (tertiary/aromatic N) is 1. The van der Waals surface area contributed by atoms with Gasteiger partial charge < -0.3 is 4.90 Å². The van der Waals surface area contributed by atoms with E-state index in [0.29, 0.717) is 5.92 Å². The first-order chi connectivity index (χ1) is 8.83. The van der Waals surface area contributed by atoms with Gasteiger partial charge in [0.2, 0.25) is 5.91 Å². The molecule has 1 fully saturated rings. The minimum absolute atomic E-state index is 0.0422. The monoisotopic (exact) mass is 280 g/mol. The minimum Gasteiger partial charge on any atom is -0.320 e. The molecule has 4 heteroatoms. The number of nitrogens with one attached hydrogen (secondary N) is 1. The van der Waals surface area contributed by atoms with Gasteiger partial charge in [-0.2, -0.15) is 0 Å². The van der Waals surface area contributed by atoms with Gasteiger partial charge in [-0.3, -0.25) is 10.1 Å². The van der Waals surface area contributed by atoms with Crippen molar-refractivity contribution in [2.45, 2.75) is 46.8 Å². The van der Waals surface area contributed by atoms with E-state index in [9.17, 15) is 4.79 Å². The molecule has 19 heavy (non-hydrogen) atoms. The van der Waals surface area contributed by atoms with Crippen molar-refractivity contribution < 1.29 is 4.79 Å². The number of hydrogen-bond donors (Lipinski definition) is 1. The summed E-state index contributed by atoms with van der Waals surface area (Å²) >= 11 is 1.71. The Bertz CT molecular complexity index is 439. The Balaban J connectivity index is 2.22. The normalized spacial score (nSPS) is 24.5. The van der Waals surface area contributed by atoms with Crippen LogP contribution in [0.25, 0.3) is 0 Å². The number of amides is 1. The molecule has 3 nitrogen and oxygen atoms in total. The van der Waals surface area contributed by atoms with Crippen LogP contribution in [0.4, 0.5) is 0 Å². The van der Waals surface area contributed by atoms with Crippen molar-refractivity contribution in [2.75, 3.05) is 6.54 Å². The second-order valence-corrected chi connectivity index (χ2v) is 7.40. The molecule has 1 aromatic heterocycles. The molecule has 0 radical (unpaired) electrons. The van der Waals surface area contributed by atoms with E-state index in [1.807, 2.05) is 17.9 Å². The number of rotatable bonds is 4. The first kappa shape index (κ1) is 14.5. The zero-order valence-electron chi connectivity index (χ0n) is 12.4. The molecule has 0 spiro atoms. The standard InChI is InChI=1S/C15H24N2OS/c1-10(2)15(4,5)9-17-13(12-7-6-8-19-12)16-11(3)14(17)18/h6-8,10-11,13,16H,9H2,1-5H3. The summed E-state index contributed by atoms with van der Waals surface area (Å²) < 4.78 is 0. The first-order valence-corrected chi connectivity index (χ1v) is 7.81. The highest BCUT2D eigenvalue weighted by molar-refractivity contribution is 7.10. The van der Waals surface area contributed by atoms with E-state index in [0.717, 1.165) is 6.54 Å². The van der Waals surface area contributed by atoms with Crippen LogP contribution in [0, 0.1) is 11.3 Å². The van der Waals surface area contributed by atoms with Gasteiger partial charge in [0, 0.05) is 11.4 Å². The molecule has 2 rings (SSSR count). The summed E-state index contributed by atoms with van der Waals surface area (Å²) in [7, 11) is 0. The van der Waals surface area contributed by atoms with E-state index < -0.39 is 0 Å². The Labute approximate surface area is 120 Å². The summed E-state index contributed by atoms with van der Waals surface area (Å²) in [4.78, 5) is 15.6. The van der Waals surface area contributed by atoms with Crippen LogP contribution in [0.2, 0.25) is 0 Å². The Morgan fingerprint density at radius 3 is 2.68 bits per heavy atom. The molecule has 0 saturated carbocycles. The molecule has 0 bridgehead atoms. The van der Waals surface area contributed by atoms with E-state index in [2.05, 4.69) is 44.5 Å². The zero-order chi connectivity index (χ0) is 14.2. The van der Waals surface area contributed by atoms with Crippen LogP contribution in [0.5, 0.6) is 0 Å². The Hall–Kier alpha value is -0.870. The summed E-state index contributed by atoms with van der Waals surface area (Å²) in [6, 6.07) is 4.05. The van der Waals surface area contributed by atoms with Crippen LogP contribution in [0.15, 0.2) is 17.5 Å². The van der Waals surface area contributed by atoms with E-state index in [1.54, 1.807) is 11.3 Å². The lowest BCUT2D eigenvalue weighted by molar-refractivity contribution is -0.131. The lowest BCUT2D eigenvalue weighted by Crippen LogP contribution is -2.40. The maximum absolute atomic E-state index is 12.4. The fraction of sp³-hybridized carbons (Fsp3) is 0.667. The molecule has 1 aromatic rings. The van der Waals surface area contributed by atoms with Gasteiger partial charge in [0.1, 0.15) is 6.17 Å².